The van der Waals surface area contributed by atoms with Gasteiger partial charge >= 0.3 is 6.09 Å². The van der Waals surface area contributed by atoms with Gasteiger partial charge in [-0.15, -0.1) is 0 Å². The molecule has 0 unspecified atom stereocenters. The van der Waals surface area contributed by atoms with Crippen LogP contribution in [0.15, 0.2) is 29.2 Å². The molecular formula is C14H21NO5S. The Labute approximate surface area is 125 Å². The molecule has 1 aromatic rings. The maximum Gasteiger partial charge on any atom is 0.407 e. The van der Waals surface area contributed by atoms with E-state index in [9.17, 15) is 13.2 Å². The molecule has 1 aliphatic heterocycles. The summed E-state index contributed by atoms with van der Waals surface area (Å²) in [7, 11) is -3.58. The quantitative estimate of drug-likeness (QED) is 0.866. The van der Waals surface area contributed by atoms with Gasteiger partial charge in [-0.25, -0.2) is 4.79 Å². The molecule has 1 aromatic carbocycles. The van der Waals surface area contributed by atoms with Crippen molar-refractivity contribution in [3.63, 3.8) is 0 Å². The van der Waals surface area contributed by atoms with Gasteiger partial charge in [0.15, 0.2) is 0 Å². The number of aryl methyl sites for hydroxylation is 1. The fourth-order valence-corrected chi connectivity index (χ4v) is 2.61. The number of rotatable bonds is 3. The second-order valence-electron chi connectivity index (χ2n) is 5.04. The summed E-state index contributed by atoms with van der Waals surface area (Å²) in [6.45, 7) is 6.74. The molecule has 7 heteroatoms. The highest BCUT2D eigenvalue weighted by atomic mass is 32.2. The fraction of sp³-hybridized carbons (Fsp3) is 0.500. The van der Waals surface area contributed by atoms with Crippen LogP contribution in [0.2, 0.25) is 0 Å². The Balaban J connectivity index is 0.000000262. The molecular weight excluding hydrogens is 294 g/mol. The molecule has 1 N–H and O–H groups in total. The molecule has 1 aliphatic rings. The number of amides is 1. The number of likely N-dealkylation sites (tertiary alicyclic amines) is 1. The second-order valence-corrected chi connectivity index (χ2v) is 6.61. The molecule has 2 rings (SSSR count). The lowest BCUT2D eigenvalue weighted by Crippen LogP contribution is -2.40. The molecule has 1 fully saturated rings. The highest BCUT2D eigenvalue weighted by molar-refractivity contribution is 7.86. The Hall–Kier alpha value is -1.60. The van der Waals surface area contributed by atoms with Gasteiger partial charge in [0.25, 0.3) is 10.1 Å². The lowest BCUT2D eigenvalue weighted by Gasteiger charge is -2.27. The van der Waals surface area contributed by atoms with E-state index in [2.05, 4.69) is 0 Å². The van der Waals surface area contributed by atoms with Crippen LogP contribution in [-0.2, 0) is 14.3 Å². The zero-order valence-electron chi connectivity index (χ0n) is 12.4. The van der Waals surface area contributed by atoms with E-state index < -0.39 is 16.2 Å². The summed E-state index contributed by atoms with van der Waals surface area (Å²) in [4.78, 5) is 11.5. The number of carboxylic acid groups (broad SMARTS) is 1. The number of carbonyl (C=O) groups is 1. The molecule has 21 heavy (non-hydrogen) atoms. The first kappa shape index (κ1) is 17.5. The molecule has 0 saturated carbocycles. The Morgan fingerprint density at radius 2 is 1.76 bits per heavy atom. The Morgan fingerprint density at radius 1 is 1.24 bits per heavy atom. The highest BCUT2D eigenvalue weighted by Gasteiger charge is 2.18. The summed E-state index contributed by atoms with van der Waals surface area (Å²) in [6, 6.07) is 6.59. The zero-order valence-corrected chi connectivity index (χ0v) is 13.3. The van der Waals surface area contributed by atoms with Crippen LogP contribution in [-0.4, -0.2) is 43.7 Å². The minimum Gasteiger partial charge on any atom is -0.465 e. The maximum atomic E-state index is 11.5. The van der Waals surface area contributed by atoms with E-state index >= 15 is 0 Å². The number of benzene rings is 1. The molecule has 0 atom stereocenters. The van der Waals surface area contributed by atoms with Gasteiger partial charge in [-0.3, -0.25) is 4.18 Å². The standard InChI is InChI=1S/C10H14O3S.C4H7NO2/c1-8(2)13-14(11,12)10-6-4-9(3)5-7-10;6-4(7)5-2-1-3-5/h4-8H,1-3H3;1-3H2,(H,6,7). The third kappa shape index (κ3) is 5.73. The SMILES string of the molecule is Cc1ccc(S(=O)(=O)OC(C)C)cc1.O=C(O)N1CCC1. The van der Waals surface area contributed by atoms with Gasteiger partial charge in [-0.2, -0.15) is 8.42 Å². The monoisotopic (exact) mass is 315 g/mol. The maximum absolute atomic E-state index is 11.5. The van der Waals surface area contributed by atoms with Crippen LogP contribution in [0.3, 0.4) is 0 Å². The van der Waals surface area contributed by atoms with Crippen LogP contribution < -0.4 is 0 Å². The Morgan fingerprint density at radius 3 is 2.05 bits per heavy atom. The minimum atomic E-state index is -3.58. The van der Waals surface area contributed by atoms with Crippen LogP contribution in [0, 0.1) is 6.92 Å². The van der Waals surface area contributed by atoms with E-state index in [1.165, 1.54) is 4.90 Å². The lowest BCUT2D eigenvalue weighted by molar-refractivity contribution is 0.118. The van der Waals surface area contributed by atoms with Crippen molar-refractivity contribution in [3.8, 4) is 0 Å². The van der Waals surface area contributed by atoms with Gasteiger partial charge in [0.2, 0.25) is 0 Å². The molecule has 6 nitrogen and oxygen atoms in total. The van der Waals surface area contributed by atoms with E-state index in [0.29, 0.717) is 0 Å². The summed E-state index contributed by atoms with van der Waals surface area (Å²) in [6.07, 6.45) is -0.0840. The van der Waals surface area contributed by atoms with E-state index in [1.807, 2.05) is 6.92 Å². The van der Waals surface area contributed by atoms with Gasteiger partial charge in [0, 0.05) is 13.1 Å². The van der Waals surface area contributed by atoms with Crippen LogP contribution in [0.5, 0.6) is 0 Å². The average molecular weight is 315 g/mol. The highest BCUT2D eigenvalue weighted by Crippen LogP contribution is 2.14. The van der Waals surface area contributed by atoms with Crippen molar-refractivity contribution in [2.75, 3.05) is 13.1 Å². The molecule has 0 aromatic heterocycles. The average Bonchev–Trinajstić information content (AvgIpc) is 2.25. The van der Waals surface area contributed by atoms with Crippen molar-refractivity contribution in [1.29, 1.82) is 0 Å². The lowest BCUT2D eigenvalue weighted by atomic mass is 10.2. The van der Waals surface area contributed by atoms with Gasteiger partial charge in [0.05, 0.1) is 11.0 Å². The molecule has 118 valence electrons. The minimum absolute atomic E-state index is 0.205. The predicted molar refractivity (Wildman–Crippen MR) is 78.8 cm³/mol. The molecule has 1 heterocycles. The molecule has 0 spiro atoms. The fourth-order valence-electron chi connectivity index (χ4n) is 1.52. The van der Waals surface area contributed by atoms with Gasteiger partial charge in [-0.1, -0.05) is 17.7 Å². The number of hydrogen-bond acceptors (Lipinski definition) is 4. The van der Waals surface area contributed by atoms with Crippen molar-refractivity contribution in [2.24, 2.45) is 0 Å². The van der Waals surface area contributed by atoms with Crippen molar-refractivity contribution in [1.82, 2.24) is 4.90 Å². The normalized spacial score (nSPS) is 14.2. The van der Waals surface area contributed by atoms with Crippen molar-refractivity contribution in [2.45, 2.75) is 38.2 Å². The topological polar surface area (TPSA) is 83.9 Å². The Bertz CT molecular complexity index is 562. The summed E-state index contributed by atoms with van der Waals surface area (Å²) in [5, 5.41) is 8.16. The van der Waals surface area contributed by atoms with Gasteiger partial charge < -0.3 is 10.0 Å². The van der Waals surface area contributed by atoms with Crippen molar-refractivity contribution < 1.29 is 22.5 Å². The van der Waals surface area contributed by atoms with E-state index in [-0.39, 0.29) is 11.0 Å². The number of hydrogen-bond donors (Lipinski definition) is 1. The largest absolute Gasteiger partial charge is 0.465 e. The second kappa shape index (κ2) is 7.42. The first-order valence-corrected chi connectivity index (χ1v) is 8.11. The van der Waals surface area contributed by atoms with Crippen LogP contribution >= 0.6 is 0 Å². The summed E-state index contributed by atoms with van der Waals surface area (Å²) < 4.78 is 27.9. The molecule has 1 saturated heterocycles. The molecule has 0 radical (unpaired) electrons. The first-order chi connectivity index (χ1) is 9.72. The third-order valence-electron chi connectivity index (χ3n) is 2.76. The third-order valence-corrected chi connectivity index (χ3v) is 4.24. The van der Waals surface area contributed by atoms with Gasteiger partial charge in [0.1, 0.15) is 0 Å². The van der Waals surface area contributed by atoms with E-state index in [4.69, 9.17) is 9.29 Å². The summed E-state index contributed by atoms with van der Waals surface area (Å²) in [5.74, 6) is 0. The van der Waals surface area contributed by atoms with Crippen molar-refractivity contribution >= 4 is 16.2 Å². The van der Waals surface area contributed by atoms with Crippen LogP contribution in [0.1, 0.15) is 25.8 Å². The summed E-state index contributed by atoms with van der Waals surface area (Å²) >= 11 is 0. The zero-order chi connectivity index (χ0) is 16.0. The molecule has 0 bridgehead atoms. The smallest absolute Gasteiger partial charge is 0.407 e. The van der Waals surface area contributed by atoms with E-state index in [1.54, 1.807) is 38.1 Å². The number of nitrogens with zero attached hydrogens (tertiary/aromatic N) is 1. The predicted octanol–water partition coefficient (Wildman–Crippen LogP) is 2.48. The molecule has 0 aliphatic carbocycles. The summed E-state index contributed by atoms with van der Waals surface area (Å²) in [5.41, 5.74) is 1.02. The van der Waals surface area contributed by atoms with Crippen LogP contribution in [0.25, 0.3) is 0 Å². The van der Waals surface area contributed by atoms with Gasteiger partial charge in [-0.05, 0) is 39.3 Å². The van der Waals surface area contributed by atoms with Crippen LogP contribution in [0.4, 0.5) is 4.79 Å². The molecule has 1 amide bonds. The van der Waals surface area contributed by atoms with E-state index in [0.717, 1.165) is 25.1 Å². The Kier molecular flexibility index (Phi) is 6.17. The van der Waals surface area contributed by atoms with Crippen molar-refractivity contribution in [3.05, 3.63) is 29.8 Å². The first-order valence-electron chi connectivity index (χ1n) is 6.70.